The van der Waals surface area contributed by atoms with Crippen molar-refractivity contribution in [1.82, 2.24) is 0 Å². The van der Waals surface area contributed by atoms with E-state index in [1.165, 1.54) is 24.3 Å². The van der Waals surface area contributed by atoms with Gasteiger partial charge in [0.25, 0.3) is 0 Å². The third-order valence-electron chi connectivity index (χ3n) is 4.00. The van der Waals surface area contributed by atoms with Gasteiger partial charge in [-0.1, -0.05) is 6.07 Å². The molecule has 0 aliphatic heterocycles. The number of para-hydroxylation sites is 1. The lowest BCUT2D eigenvalue weighted by molar-refractivity contribution is -0.136. The van der Waals surface area contributed by atoms with Crippen molar-refractivity contribution < 1.29 is 29.0 Å². The third kappa shape index (κ3) is 3.11. The first-order chi connectivity index (χ1) is 12.4. The number of aromatic hydroxyl groups is 1. The lowest BCUT2D eigenvalue weighted by Crippen LogP contribution is -2.09. The Balaban J connectivity index is 2.24. The van der Waals surface area contributed by atoms with Crippen LogP contribution >= 0.6 is 0 Å². The summed E-state index contributed by atoms with van der Waals surface area (Å²) < 4.78 is 10.7. The number of rotatable bonds is 5. The molecule has 1 heterocycles. The Kier molecular flexibility index (Phi) is 4.62. The maximum absolute atomic E-state index is 12.8. The predicted octanol–water partition coefficient (Wildman–Crippen LogP) is 2.85. The van der Waals surface area contributed by atoms with Gasteiger partial charge in [0, 0.05) is 12.5 Å². The van der Waals surface area contributed by atoms with Crippen molar-refractivity contribution in [3.63, 3.8) is 0 Å². The Bertz CT molecular complexity index is 1080. The van der Waals surface area contributed by atoms with Crippen LogP contribution in [0.2, 0.25) is 0 Å². The van der Waals surface area contributed by atoms with Crippen LogP contribution in [0.25, 0.3) is 21.9 Å². The first-order valence-corrected chi connectivity index (χ1v) is 8.02. The van der Waals surface area contributed by atoms with Gasteiger partial charge in [0.15, 0.2) is 5.58 Å². The van der Waals surface area contributed by atoms with Crippen LogP contribution in [0.5, 0.6) is 5.75 Å². The zero-order chi connectivity index (χ0) is 18.8. The second kappa shape index (κ2) is 6.87. The summed E-state index contributed by atoms with van der Waals surface area (Å²) in [5.74, 6) is -1.79. The van der Waals surface area contributed by atoms with Crippen LogP contribution in [0.4, 0.5) is 0 Å². The average molecular weight is 356 g/mol. The fourth-order valence-electron chi connectivity index (χ4n) is 2.77. The van der Waals surface area contributed by atoms with Crippen LogP contribution in [0.3, 0.4) is 0 Å². The van der Waals surface area contributed by atoms with Gasteiger partial charge in [0.2, 0.25) is 5.43 Å². The van der Waals surface area contributed by atoms with E-state index < -0.39 is 11.9 Å². The molecule has 0 aliphatic rings. The van der Waals surface area contributed by atoms with E-state index in [-0.39, 0.29) is 58.1 Å². The fourth-order valence-corrected chi connectivity index (χ4v) is 2.77. The van der Waals surface area contributed by atoms with E-state index in [1.807, 2.05) is 0 Å². The Morgan fingerprint density at radius 2 is 1.96 bits per heavy atom. The molecule has 3 aromatic rings. The molecule has 3 rings (SSSR count). The van der Waals surface area contributed by atoms with Crippen LogP contribution in [0.15, 0.2) is 39.5 Å². The van der Waals surface area contributed by atoms with E-state index in [0.717, 1.165) is 0 Å². The predicted molar refractivity (Wildman–Crippen MR) is 93.6 cm³/mol. The normalized spacial score (nSPS) is 11.0. The average Bonchev–Trinajstić information content (AvgIpc) is 2.60. The molecule has 0 aliphatic carbocycles. The summed E-state index contributed by atoms with van der Waals surface area (Å²) >= 11 is 0. The molecule has 7 nitrogen and oxygen atoms in total. The molecule has 0 amide bonds. The fraction of sp³-hybridized carbons (Fsp3) is 0.211. The summed E-state index contributed by atoms with van der Waals surface area (Å²) in [5.41, 5.74) is 0.284. The molecule has 0 unspecified atom stereocenters. The Labute approximate surface area is 147 Å². The minimum absolute atomic E-state index is 0.0808. The van der Waals surface area contributed by atoms with E-state index in [9.17, 15) is 19.5 Å². The number of carbonyl (C=O) groups excluding carboxylic acids is 1. The summed E-state index contributed by atoms with van der Waals surface area (Å²) in [7, 11) is 0. The third-order valence-corrected chi connectivity index (χ3v) is 4.00. The van der Waals surface area contributed by atoms with E-state index in [1.54, 1.807) is 13.0 Å². The van der Waals surface area contributed by atoms with Crippen LogP contribution in [-0.4, -0.2) is 28.8 Å². The molecule has 0 fully saturated rings. The summed E-state index contributed by atoms with van der Waals surface area (Å²) in [6.45, 7) is 1.85. The van der Waals surface area contributed by atoms with Crippen LogP contribution in [0.1, 0.15) is 29.3 Å². The molecule has 1 aromatic heterocycles. The molecule has 0 atom stereocenters. The minimum atomic E-state index is -1.01. The zero-order valence-corrected chi connectivity index (χ0v) is 13.9. The summed E-state index contributed by atoms with van der Waals surface area (Å²) in [4.78, 5) is 35.6. The van der Waals surface area contributed by atoms with Gasteiger partial charge in [-0.25, -0.2) is 4.79 Å². The number of ether oxygens (including phenoxy) is 1. The first-order valence-electron chi connectivity index (χ1n) is 8.02. The van der Waals surface area contributed by atoms with Crippen molar-refractivity contribution >= 4 is 33.9 Å². The number of phenolic OH excluding ortho intramolecular Hbond substituents is 1. The number of fused-ring (bicyclic) bond motifs is 2. The number of hydrogen-bond acceptors (Lipinski definition) is 6. The van der Waals surface area contributed by atoms with Crippen LogP contribution in [-0.2, 0) is 16.0 Å². The molecule has 0 saturated carbocycles. The summed E-state index contributed by atoms with van der Waals surface area (Å²) in [6.07, 6.45) is -0.0948. The molecule has 7 heteroatoms. The van der Waals surface area contributed by atoms with Gasteiger partial charge in [-0.3, -0.25) is 9.59 Å². The maximum Gasteiger partial charge on any atom is 0.341 e. The molecule has 2 aromatic carbocycles. The van der Waals surface area contributed by atoms with E-state index in [0.29, 0.717) is 5.56 Å². The standard InChI is InChI=1S/C19H16O7/c1-2-25-19(24)12-5-3-4-11-17(23)13-8-10(6-7-16(21)22)14(20)9-15(13)26-18(11)12/h3-5,8-9,20H,2,6-7H2,1H3,(H,21,22). The topological polar surface area (TPSA) is 114 Å². The molecule has 26 heavy (non-hydrogen) atoms. The number of hydrogen-bond donors (Lipinski definition) is 2. The van der Waals surface area contributed by atoms with E-state index in [2.05, 4.69) is 0 Å². The Morgan fingerprint density at radius 1 is 1.19 bits per heavy atom. The van der Waals surface area contributed by atoms with Crippen molar-refractivity contribution in [3.8, 4) is 5.75 Å². The SMILES string of the molecule is CCOC(=O)c1cccc2c(=O)c3cc(CCC(=O)O)c(O)cc3oc12. The number of benzene rings is 2. The monoisotopic (exact) mass is 356 g/mol. The van der Waals surface area contributed by atoms with Gasteiger partial charge in [-0.05, 0) is 37.1 Å². The molecule has 0 saturated heterocycles. The van der Waals surface area contributed by atoms with Gasteiger partial charge in [0.1, 0.15) is 16.9 Å². The van der Waals surface area contributed by atoms with Gasteiger partial charge in [-0.15, -0.1) is 0 Å². The molecule has 0 radical (unpaired) electrons. The Morgan fingerprint density at radius 3 is 2.65 bits per heavy atom. The molecular weight excluding hydrogens is 340 g/mol. The van der Waals surface area contributed by atoms with E-state index in [4.69, 9.17) is 14.3 Å². The highest BCUT2D eigenvalue weighted by Crippen LogP contribution is 2.28. The van der Waals surface area contributed by atoms with Crippen LogP contribution in [0, 0.1) is 0 Å². The van der Waals surface area contributed by atoms with Gasteiger partial charge in [-0.2, -0.15) is 0 Å². The molecule has 2 N–H and O–H groups in total. The molecule has 134 valence electrons. The quantitative estimate of drug-likeness (QED) is 0.533. The summed E-state index contributed by atoms with van der Waals surface area (Å²) in [6, 6.07) is 7.28. The number of esters is 1. The number of carboxylic acid groups (broad SMARTS) is 1. The zero-order valence-electron chi connectivity index (χ0n) is 13.9. The van der Waals surface area contributed by atoms with Crippen molar-refractivity contribution in [3.05, 3.63) is 51.7 Å². The van der Waals surface area contributed by atoms with Crippen molar-refractivity contribution in [1.29, 1.82) is 0 Å². The number of aliphatic carboxylic acids is 1. The van der Waals surface area contributed by atoms with E-state index >= 15 is 0 Å². The largest absolute Gasteiger partial charge is 0.508 e. The van der Waals surface area contributed by atoms with Crippen molar-refractivity contribution in [2.24, 2.45) is 0 Å². The lowest BCUT2D eigenvalue weighted by Gasteiger charge is -2.09. The maximum atomic E-state index is 12.8. The number of phenols is 1. The second-order valence-corrected chi connectivity index (χ2v) is 5.70. The van der Waals surface area contributed by atoms with Crippen molar-refractivity contribution in [2.45, 2.75) is 19.8 Å². The van der Waals surface area contributed by atoms with Gasteiger partial charge >= 0.3 is 11.9 Å². The second-order valence-electron chi connectivity index (χ2n) is 5.70. The first kappa shape index (κ1) is 17.5. The lowest BCUT2D eigenvalue weighted by atomic mass is 10.0. The minimum Gasteiger partial charge on any atom is -0.508 e. The number of aryl methyl sites for hydroxylation is 1. The van der Waals surface area contributed by atoms with Gasteiger partial charge in [0.05, 0.1) is 17.4 Å². The number of carboxylic acids is 1. The highest BCUT2D eigenvalue weighted by molar-refractivity contribution is 6.04. The highest BCUT2D eigenvalue weighted by Gasteiger charge is 2.18. The van der Waals surface area contributed by atoms with Crippen LogP contribution < -0.4 is 5.43 Å². The number of carbonyl (C=O) groups is 2. The molecular formula is C19H16O7. The molecule has 0 spiro atoms. The smallest absolute Gasteiger partial charge is 0.341 e. The molecule has 0 bridgehead atoms. The summed E-state index contributed by atoms with van der Waals surface area (Å²) in [5, 5.41) is 19.3. The Hall–Kier alpha value is -3.35. The highest BCUT2D eigenvalue weighted by atomic mass is 16.5. The van der Waals surface area contributed by atoms with Gasteiger partial charge < -0.3 is 19.4 Å². The van der Waals surface area contributed by atoms with Crippen molar-refractivity contribution in [2.75, 3.05) is 6.61 Å².